The van der Waals surface area contributed by atoms with E-state index in [1.807, 2.05) is 0 Å². The minimum absolute atomic E-state index is 0.214. The minimum atomic E-state index is -0.440. The molecule has 4 aromatic rings. The summed E-state index contributed by atoms with van der Waals surface area (Å²) in [6, 6.07) is 6.83. The van der Waals surface area contributed by atoms with Gasteiger partial charge >= 0.3 is 11.7 Å². The highest BCUT2D eigenvalue weighted by Crippen LogP contribution is 2.19. The SMILES string of the molecule is COc1nn(-c2ccc3nn(-c4cncc(F)c4)cc3c2)c(=O)n1C. The normalized spacial score (nSPS) is 11.2. The molecular weight excluding hydrogens is 327 g/mol. The molecular formula is C16H13FN6O2. The van der Waals surface area contributed by atoms with Crippen molar-refractivity contribution in [2.24, 2.45) is 7.05 Å². The maximum atomic E-state index is 13.3. The fourth-order valence-electron chi connectivity index (χ4n) is 2.57. The lowest BCUT2D eigenvalue weighted by atomic mass is 10.2. The lowest BCUT2D eigenvalue weighted by Crippen LogP contribution is -2.21. The molecule has 0 atom stereocenters. The molecule has 0 aliphatic heterocycles. The predicted molar refractivity (Wildman–Crippen MR) is 87.7 cm³/mol. The molecule has 0 bridgehead atoms. The van der Waals surface area contributed by atoms with E-state index in [2.05, 4.69) is 15.2 Å². The van der Waals surface area contributed by atoms with E-state index in [4.69, 9.17) is 4.74 Å². The van der Waals surface area contributed by atoms with Gasteiger partial charge in [-0.25, -0.2) is 18.4 Å². The Bertz CT molecular complexity index is 1140. The van der Waals surface area contributed by atoms with Crippen LogP contribution in [0, 0.1) is 5.82 Å². The van der Waals surface area contributed by atoms with Crippen molar-refractivity contribution in [2.45, 2.75) is 0 Å². The molecule has 0 aliphatic rings. The van der Waals surface area contributed by atoms with E-state index >= 15 is 0 Å². The second-order valence-corrected chi connectivity index (χ2v) is 5.42. The summed E-state index contributed by atoms with van der Waals surface area (Å²) in [5.41, 5.74) is 1.46. The standard InChI is InChI=1S/C16H13FN6O2/c1-21-15(25-2)20-23(16(21)24)12-3-4-14-10(5-12)9-22(19-14)13-6-11(17)7-18-8-13/h3-9H,1-2H3. The lowest BCUT2D eigenvalue weighted by molar-refractivity contribution is 0.362. The van der Waals surface area contributed by atoms with E-state index in [0.717, 1.165) is 11.6 Å². The van der Waals surface area contributed by atoms with E-state index < -0.39 is 5.82 Å². The van der Waals surface area contributed by atoms with Crippen molar-refractivity contribution in [3.63, 3.8) is 0 Å². The summed E-state index contributed by atoms with van der Waals surface area (Å²) in [5, 5.41) is 9.31. The molecule has 1 aromatic carbocycles. The summed E-state index contributed by atoms with van der Waals surface area (Å²) in [6.45, 7) is 0. The van der Waals surface area contributed by atoms with Gasteiger partial charge in [-0.3, -0.25) is 4.98 Å². The summed E-state index contributed by atoms with van der Waals surface area (Å²) in [6.07, 6.45) is 4.39. The Balaban J connectivity index is 1.82. The highest BCUT2D eigenvalue weighted by Gasteiger charge is 2.13. The number of halogens is 1. The molecule has 126 valence electrons. The van der Waals surface area contributed by atoms with Gasteiger partial charge in [-0.1, -0.05) is 0 Å². The highest BCUT2D eigenvalue weighted by molar-refractivity contribution is 5.80. The first-order valence-electron chi connectivity index (χ1n) is 7.37. The largest absolute Gasteiger partial charge is 0.467 e. The van der Waals surface area contributed by atoms with Crippen molar-refractivity contribution >= 4 is 10.9 Å². The van der Waals surface area contributed by atoms with Crippen molar-refractivity contribution in [3.8, 4) is 17.4 Å². The van der Waals surface area contributed by atoms with Crippen LogP contribution in [0.2, 0.25) is 0 Å². The molecule has 3 aromatic heterocycles. The first-order valence-corrected chi connectivity index (χ1v) is 7.37. The third-order valence-electron chi connectivity index (χ3n) is 3.81. The van der Waals surface area contributed by atoms with Gasteiger partial charge in [-0.05, 0) is 18.2 Å². The topological polar surface area (TPSA) is 79.8 Å². The Kier molecular flexibility index (Phi) is 3.34. The van der Waals surface area contributed by atoms with Crippen molar-refractivity contribution in [1.82, 2.24) is 29.1 Å². The maximum Gasteiger partial charge on any atom is 0.353 e. The Hall–Kier alpha value is -3.49. The second-order valence-electron chi connectivity index (χ2n) is 5.42. The van der Waals surface area contributed by atoms with Crippen LogP contribution in [0.4, 0.5) is 4.39 Å². The first kappa shape index (κ1) is 15.1. The van der Waals surface area contributed by atoms with Gasteiger partial charge in [0.1, 0.15) is 5.82 Å². The van der Waals surface area contributed by atoms with Gasteiger partial charge in [0.05, 0.1) is 36.4 Å². The Morgan fingerprint density at radius 2 is 1.96 bits per heavy atom. The van der Waals surface area contributed by atoms with Crippen molar-refractivity contribution in [1.29, 1.82) is 0 Å². The molecule has 4 rings (SSSR count). The number of hydrogen-bond donors (Lipinski definition) is 0. The number of aromatic nitrogens is 6. The third-order valence-corrected chi connectivity index (χ3v) is 3.81. The number of hydrogen-bond acceptors (Lipinski definition) is 5. The van der Waals surface area contributed by atoms with E-state index in [0.29, 0.717) is 16.9 Å². The van der Waals surface area contributed by atoms with Crippen LogP contribution in [0.15, 0.2) is 47.7 Å². The van der Waals surface area contributed by atoms with Crippen LogP contribution < -0.4 is 10.4 Å². The summed E-state index contributed by atoms with van der Waals surface area (Å²) in [4.78, 5) is 16.1. The molecule has 0 amide bonds. The fraction of sp³-hybridized carbons (Fsp3) is 0.125. The quantitative estimate of drug-likeness (QED) is 0.564. The number of methoxy groups -OCH3 is 1. The molecule has 9 heteroatoms. The van der Waals surface area contributed by atoms with Crippen molar-refractivity contribution < 1.29 is 9.13 Å². The zero-order valence-electron chi connectivity index (χ0n) is 13.4. The average molecular weight is 340 g/mol. The van der Waals surface area contributed by atoms with E-state index in [1.54, 1.807) is 31.4 Å². The molecule has 0 saturated heterocycles. The van der Waals surface area contributed by atoms with Crippen LogP contribution >= 0.6 is 0 Å². The summed E-state index contributed by atoms with van der Waals surface area (Å²) in [5.74, 6) is -0.440. The lowest BCUT2D eigenvalue weighted by Gasteiger charge is -1.98. The molecule has 25 heavy (non-hydrogen) atoms. The predicted octanol–water partition coefficient (Wildman–Crippen LogP) is 1.45. The average Bonchev–Trinajstić information content (AvgIpc) is 3.16. The molecule has 8 nitrogen and oxygen atoms in total. The second kappa shape index (κ2) is 5.55. The van der Waals surface area contributed by atoms with Gasteiger partial charge in [0, 0.05) is 24.7 Å². The molecule has 0 N–H and O–H groups in total. The van der Waals surface area contributed by atoms with Gasteiger partial charge in [-0.15, -0.1) is 5.10 Å². The Morgan fingerprint density at radius 3 is 2.68 bits per heavy atom. The Labute approximate surface area is 140 Å². The van der Waals surface area contributed by atoms with Crippen LogP contribution in [0.3, 0.4) is 0 Å². The van der Waals surface area contributed by atoms with E-state index in [9.17, 15) is 9.18 Å². The molecule has 0 unspecified atom stereocenters. The number of fused-ring (bicyclic) bond motifs is 1. The molecule has 0 aliphatic carbocycles. The van der Waals surface area contributed by atoms with Crippen molar-refractivity contribution in [2.75, 3.05) is 7.11 Å². The number of pyridine rings is 1. The van der Waals surface area contributed by atoms with Crippen LogP contribution in [0.25, 0.3) is 22.3 Å². The zero-order chi connectivity index (χ0) is 17.6. The van der Waals surface area contributed by atoms with Crippen molar-refractivity contribution in [3.05, 3.63) is 59.2 Å². The molecule has 0 spiro atoms. The summed E-state index contributed by atoms with van der Waals surface area (Å²) >= 11 is 0. The minimum Gasteiger partial charge on any atom is -0.467 e. The fourth-order valence-corrected chi connectivity index (χ4v) is 2.57. The summed E-state index contributed by atoms with van der Waals surface area (Å²) in [7, 11) is 3.03. The van der Waals surface area contributed by atoms with Crippen LogP contribution in [0.1, 0.15) is 0 Å². The first-order chi connectivity index (χ1) is 12.1. The monoisotopic (exact) mass is 340 g/mol. The zero-order valence-corrected chi connectivity index (χ0v) is 13.4. The molecule has 3 heterocycles. The van der Waals surface area contributed by atoms with Gasteiger partial charge in [0.25, 0.3) is 0 Å². The number of rotatable bonds is 3. The van der Waals surface area contributed by atoms with Gasteiger partial charge < -0.3 is 4.74 Å². The number of ether oxygens (including phenoxy) is 1. The molecule has 0 saturated carbocycles. The summed E-state index contributed by atoms with van der Waals surface area (Å²) < 4.78 is 22.5. The van der Waals surface area contributed by atoms with Gasteiger partial charge in [0.15, 0.2) is 0 Å². The van der Waals surface area contributed by atoms with Crippen LogP contribution in [0.5, 0.6) is 6.01 Å². The van der Waals surface area contributed by atoms with E-state index in [-0.39, 0.29) is 11.7 Å². The van der Waals surface area contributed by atoms with Crippen LogP contribution in [-0.4, -0.2) is 36.2 Å². The number of nitrogens with zero attached hydrogens (tertiary/aromatic N) is 6. The molecule has 0 radical (unpaired) electrons. The maximum absolute atomic E-state index is 13.3. The third kappa shape index (κ3) is 2.45. The van der Waals surface area contributed by atoms with E-state index in [1.165, 1.54) is 33.3 Å². The smallest absolute Gasteiger partial charge is 0.353 e. The Morgan fingerprint density at radius 1 is 1.12 bits per heavy atom. The number of benzene rings is 1. The molecule has 0 fully saturated rings. The van der Waals surface area contributed by atoms with Gasteiger partial charge in [-0.2, -0.15) is 9.78 Å². The highest BCUT2D eigenvalue weighted by atomic mass is 19.1. The van der Waals surface area contributed by atoms with Gasteiger partial charge in [0.2, 0.25) is 0 Å². The van der Waals surface area contributed by atoms with Crippen LogP contribution in [-0.2, 0) is 7.05 Å².